The van der Waals surface area contributed by atoms with Gasteiger partial charge in [0.1, 0.15) is 11.5 Å². The molecule has 0 radical (unpaired) electrons. The highest BCUT2D eigenvalue weighted by Gasteiger charge is 2.38. The van der Waals surface area contributed by atoms with Crippen LogP contribution in [-0.2, 0) is 9.47 Å². The first-order valence-corrected chi connectivity index (χ1v) is 7.27. The van der Waals surface area contributed by atoms with E-state index in [2.05, 4.69) is 0 Å². The standard InChI is InChI=1S/C18H18O5/c1-10-8-15-13(9-14(10)19)16(18(22-3)23-15)11-6-4-5-7-12(11)17(20)21-2/h4-9,16,18-19H,1-3H3. The maximum Gasteiger partial charge on any atom is 0.338 e. The smallest absolute Gasteiger partial charge is 0.338 e. The lowest BCUT2D eigenvalue weighted by molar-refractivity contribution is -0.0472. The first kappa shape index (κ1) is 15.4. The van der Waals surface area contributed by atoms with Crippen LogP contribution in [0.4, 0.5) is 0 Å². The summed E-state index contributed by atoms with van der Waals surface area (Å²) in [6, 6.07) is 10.6. The van der Waals surface area contributed by atoms with Crippen LogP contribution in [0.25, 0.3) is 0 Å². The quantitative estimate of drug-likeness (QED) is 0.882. The normalized spacial score (nSPS) is 19.1. The number of benzene rings is 2. The van der Waals surface area contributed by atoms with Crippen LogP contribution in [0.3, 0.4) is 0 Å². The lowest BCUT2D eigenvalue weighted by Crippen LogP contribution is -2.23. The molecule has 1 N–H and O–H groups in total. The number of rotatable bonds is 3. The Bertz CT molecular complexity index is 753. The molecule has 3 rings (SSSR count). The van der Waals surface area contributed by atoms with Crippen molar-refractivity contribution in [1.29, 1.82) is 0 Å². The van der Waals surface area contributed by atoms with Crippen LogP contribution in [0.2, 0.25) is 0 Å². The average Bonchev–Trinajstić information content (AvgIpc) is 2.91. The van der Waals surface area contributed by atoms with Crippen molar-refractivity contribution in [3.8, 4) is 11.5 Å². The summed E-state index contributed by atoms with van der Waals surface area (Å²) in [4.78, 5) is 12.1. The summed E-state index contributed by atoms with van der Waals surface area (Å²) in [7, 11) is 2.90. The van der Waals surface area contributed by atoms with Crippen molar-refractivity contribution in [3.63, 3.8) is 0 Å². The predicted molar refractivity (Wildman–Crippen MR) is 83.9 cm³/mol. The van der Waals surface area contributed by atoms with Crippen molar-refractivity contribution >= 4 is 5.97 Å². The minimum Gasteiger partial charge on any atom is -0.508 e. The van der Waals surface area contributed by atoms with Crippen LogP contribution in [0, 0.1) is 6.92 Å². The van der Waals surface area contributed by atoms with Gasteiger partial charge in [-0.25, -0.2) is 4.79 Å². The predicted octanol–water partition coefficient (Wildman–Crippen LogP) is 2.98. The number of carbonyl (C=O) groups is 1. The second-order valence-electron chi connectivity index (χ2n) is 5.45. The van der Waals surface area contributed by atoms with E-state index in [-0.39, 0.29) is 11.7 Å². The van der Waals surface area contributed by atoms with Crippen molar-refractivity contribution in [2.75, 3.05) is 14.2 Å². The molecule has 1 aliphatic rings. The van der Waals surface area contributed by atoms with Gasteiger partial charge in [-0.2, -0.15) is 0 Å². The van der Waals surface area contributed by atoms with E-state index in [1.54, 1.807) is 38.3 Å². The molecule has 5 heteroatoms. The zero-order chi connectivity index (χ0) is 16.6. The second-order valence-corrected chi connectivity index (χ2v) is 5.45. The van der Waals surface area contributed by atoms with Crippen LogP contribution in [-0.4, -0.2) is 31.6 Å². The zero-order valence-electron chi connectivity index (χ0n) is 13.2. The summed E-state index contributed by atoms with van der Waals surface area (Å²) < 4.78 is 16.2. The molecule has 120 valence electrons. The molecule has 0 aliphatic carbocycles. The lowest BCUT2D eigenvalue weighted by Gasteiger charge is -2.20. The van der Waals surface area contributed by atoms with Crippen molar-refractivity contribution in [2.24, 2.45) is 0 Å². The number of aromatic hydroxyl groups is 1. The van der Waals surface area contributed by atoms with Gasteiger partial charge in [-0.1, -0.05) is 18.2 Å². The highest BCUT2D eigenvalue weighted by Crippen LogP contribution is 2.45. The monoisotopic (exact) mass is 314 g/mol. The third-order valence-corrected chi connectivity index (χ3v) is 4.11. The topological polar surface area (TPSA) is 65.0 Å². The number of aryl methyl sites for hydroxylation is 1. The first-order chi connectivity index (χ1) is 11.1. The number of carbonyl (C=O) groups excluding carboxylic acids is 1. The molecule has 2 unspecified atom stereocenters. The maximum atomic E-state index is 12.1. The molecule has 0 saturated carbocycles. The number of fused-ring (bicyclic) bond motifs is 1. The molecular formula is C18H18O5. The van der Waals surface area contributed by atoms with Crippen molar-refractivity contribution in [2.45, 2.75) is 19.1 Å². The molecule has 2 aromatic carbocycles. The number of methoxy groups -OCH3 is 2. The number of ether oxygens (including phenoxy) is 3. The summed E-state index contributed by atoms with van der Waals surface area (Å²) in [5.74, 6) is 0.0958. The van der Waals surface area contributed by atoms with E-state index in [4.69, 9.17) is 14.2 Å². The Hall–Kier alpha value is -2.53. The van der Waals surface area contributed by atoms with Gasteiger partial charge in [0.25, 0.3) is 0 Å². The number of phenols is 1. The Kier molecular flexibility index (Phi) is 3.96. The van der Waals surface area contributed by atoms with Gasteiger partial charge in [0.2, 0.25) is 6.29 Å². The molecule has 23 heavy (non-hydrogen) atoms. The Morgan fingerprint density at radius 3 is 2.61 bits per heavy atom. The van der Waals surface area contributed by atoms with Gasteiger partial charge in [-0.15, -0.1) is 0 Å². The van der Waals surface area contributed by atoms with Crippen LogP contribution >= 0.6 is 0 Å². The van der Waals surface area contributed by atoms with E-state index < -0.39 is 12.3 Å². The third-order valence-electron chi connectivity index (χ3n) is 4.11. The number of hydrogen-bond acceptors (Lipinski definition) is 5. The Labute approximate surface area is 134 Å². The molecule has 0 bridgehead atoms. The lowest BCUT2D eigenvalue weighted by atomic mass is 9.88. The van der Waals surface area contributed by atoms with Gasteiger partial charge in [0.05, 0.1) is 18.6 Å². The Morgan fingerprint density at radius 2 is 1.91 bits per heavy atom. The number of phenolic OH excluding ortho intramolecular Hbond substituents is 1. The summed E-state index contributed by atoms with van der Waals surface area (Å²) in [6.07, 6.45) is -0.572. The SMILES string of the molecule is COC(=O)c1ccccc1C1c2cc(O)c(C)cc2OC1OC. The maximum absolute atomic E-state index is 12.1. The Balaban J connectivity index is 2.17. The van der Waals surface area contributed by atoms with E-state index in [0.29, 0.717) is 11.3 Å². The molecule has 0 fully saturated rings. The first-order valence-electron chi connectivity index (χ1n) is 7.27. The van der Waals surface area contributed by atoms with Gasteiger partial charge in [-0.05, 0) is 36.2 Å². The van der Waals surface area contributed by atoms with Crippen molar-refractivity contribution in [3.05, 3.63) is 58.7 Å². The van der Waals surface area contributed by atoms with Crippen LogP contribution in [0.5, 0.6) is 11.5 Å². The fourth-order valence-electron chi connectivity index (χ4n) is 2.93. The van der Waals surface area contributed by atoms with Gasteiger partial charge < -0.3 is 19.3 Å². The molecule has 2 atom stereocenters. The van der Waals surface area contributed by atoms with Gasteiger partial charge in [0.15, 0.2) is 0 Å². The van der Waals surface area contributed by atoms with E-state index in [0.717, 1.165) is 16.7 Å². The molecule has 2 aromatic rings. The largest absolute Gasteiger partial charge is 0.508 e. The summed E-state index contributed by atoms with van der Waals surface area (Å²) in [6.45, 7) is 1.80. The summed E-state index contributed by atoms with van der Waals surface area (Å²) in [5.41, 5.74) is 2.71. The van der Waals surface area contributed by atoms with E-state index >= 15 is 0 Å². The van der Waals surface area contributed by atoms with Gasteiger partial charge >= 0.3 is 5.97 Å². The molecule has 5 nitrogen and oxygen atoms in total. The average molecular weight is 314 g/mol. The minimum absolute atomic E-state index is 0.185. The highest BCUT2D eigenvalue weighted by atomic mass is 16.7. The molecule has 0 aromatic heterocycles. The highest BCUT2D eigenvalue weighted by molar-refractivity contribution is 5.91. The van der Waals surface area contributed by atoms with Gasteiger partial charge in [0, 0.05) is 12.7 Å². The Morgan fingerprint density at radius 1 is 1.17 bits per heavy atom. The molecule has 1 aliphatic heterocycles. The summed E-state index contributed by atoms with van der Waals surface area (Å²) in [5, 5.41) is 10.0. The van der Waals surface area contributed by atoms with Crippen LogP contribution in [0.15, 0.2) is 36.4 Å². The molecule has 1 heterocycles. The minimum atomic E-state index is -0.572. The molecule has 0 amide bonds. The van der Waals surface area contributed by atoms with Crippen molar-refractivity contribution in [1.82, 2.24) is 0 Å². The van der Waals surface area contributed by atoms with Gasteiger partial charge in [-0.3, -0.25) is 0 Å². The number of hydrogen-bond donors (Lipinski definition) is 1. The second kappa shape index (κ2) is 5.93. The fraction of sp³-hybridized carbons (Fsp3) is 0.278. The van der Waals surface area contributed by atoms with E-state index in [1.807, 2.05) is 12.1 Å². The fourth-order valence-corrected chi connectivity index (χ4v) is 2.93. The van der Waals surface area contributed by atoms with Crippen LogP contribution < -0.4 is 4.74 Å². The van der Waals surface area contributed by atoms with Crippen molar-refractivity contribution < 1.29 is 24.1 Å². The molecule has 0 spiro atoms. The molecule has 0 saturated heterocycles. The zero-order valence-corrected chi connectivity index (χ0v) is 13.2. The van der Waals surface area contributed by atoms with Crippen LogP contribution in [0.1, 0.15) is 33.0 Å². The van der Waals surface area contributed by atoms with E-state index in [9.17, 15) is 9.90 Å². The number of esters is 1. The summed E-state index contributed by atoms with van der Waals surface area (Å²) >= 11 is 0. The third kappa shape index (κ3) is 2.53. The molecular weight excluding hydrogens is 296 g/mol. The van der Waals surface area contributed by atoms with E-state index in [1.165, 1.54) is 7.11 Å².